The monoisotopic (exact) mass is 389 g/mol. The molecular weight excluding hydrogens is 362 g/mol. The molecule has 2 rings (SSSR count). The highest BCUT2D eigenvalue weighted by Gasteiger charge is 2.13. The molecule has 0 aliphatic heterocycles. The van der Waals surface area contributed by atoms with Gasteiger partial charge in [0.25, 0.3) is 0 Å². The average molecular weight is 389 g/mol. The van der Waals surface area contributed by atoms with E-state index in [0.717, 1.165) is 12.0 Å². The predicted molar refractivity (Wildman–Crippen MR) is 105 cm³/mol. The van der Waals surface area contributed by atoms with Gasteiger partial charge >= 0.3 is 5.97 Å². The first-order valence-electron chi connectivity index (χ1n) is 9.15. The van der Waals surface area contributed by atoms with Crippen molar-refractivity contribution < 1.29 is 29.6 Å². The molecule has 0 amide bonds. The van der Waals surface area contributed by atoms with Crippen molar-refractivity contribution in [3.8, 4) is 17.2 Å². The predicted octanol–water partition coefficient (Wildman–Crippen LogP) is 2.20. The van der Waals surface area contributed by atoms with Crippen LogP contribution in [0.2, 0.25) is 0 Å². The fourth-order valence-corrected chi connectivity index (χ4v) is 2.52. The number of nitrogens with one attached hydrogen (secondary N) is 1. The van der Waals surface area contributed by atoms with Crippen molar-refractivity contribution in [3.05, 3.63) is 54.1 Å². The SMILES string of the molecule is CC(Cc1ccc(OC(C)C(=O)O)cc1)NCC(O)COc1ccc(O)cc1. The van der Waals surface area contributed by atoms with Crippen LogP contribution in [-0.4, -0.2) is 52.7 Å². The van der Waals surface area contributed by atoms with Crippen LogP contribution in [0.25, 0.3) is 0 Å². The summed E-state index contributed by atoms with van der Waals surface area (Å²) in [7, 11) is 0. The van der Waals surface area contributed by atoms with Crippen LogP contribution in [0.3, 0.4) is 0 Å². The number of aliphatic hydroxyl groups excluding tert-OH is 1. The largest absolute Gasteiger partial charge is 0.508 e. The normalized spacial score (nSPS) is 14.1. The fourth-order valence-electron chi connectivity index (χ4n) is 2.52. The Morgan fingerprint density at radius 1 is 1.04 bits per heavy atom. The number of phenolic OH excluding ortho intramolecular Hbond substituents is 1. The van der Waals surface area contributed by atoms with E-state index in [9.17, 15) is 15.0 Å². The Hall–Kier alpha value is -2.77. The summed E-state index contributed by atoms with van der Waals surface area (Å²) in [5.74, 6) is 0.264. The molecule has 7 heteroatoms. The Balaban J connectivity index is 1.70. The standard InChI is InChI=1S/C21H27NO6/c1-14(11-16-3-7-20(8-4-16)28-15(2)21(25)26)22-12-18(24)13-27-19-9-5-17(23)6-10-19/h3-10,14-15,18,22-24H,11-13H2,1-2H3,(H,25,26). The zero-order chi connectivity index (χ0) is 20.5. The zero-order valence-corrected chi connectivity index (χ0v) is 16.0. The zero-order valence-electron chi connectivity index (χ0n) is 16.0. The van der Waals surface area contributed by atoms with Gasteiger partial charge < -0.3 is 30.1 Å². The highest BCUT2D eigenvalue weighted by molar-refractivity contribution is 5.72. The second-order valence-electron chi connectivity index (χ2n) is 6.71. The smallest absolute Gasteiger partial charge is 0.344 e. The third kappa shape index (κ3) is 7.46. The number of benzene rings is 2. The van der Waals surface area contributed by atoms with E-state index in [4.69, 9.17) is 14.6 Å². The van der Waals surface area contributed by atoms with Crippen molar-refractivity contribution >= 4 is 5.97 Å². The van der Waals surface area contributed by atoms with Gasteiger partial charge in [-0.15, -0.1) is 0 Å². The van der Waals surface area contributed by atoms with Gasteiger partial charge in [0.05, 0.1) is 0 Å². The van der Waals surface area contributed by atoms with Gasteiger partial charge in [0.1, 0.15) is 30.0 Å². The number of phenols is 1. The van der Waals surface area contributed by atoms with Crippen LogP contribution in [0.1, 0.15) is 19.4 Å². The van der Waals surface area contributed by atoms with Crippen LogP contribution in [0.4, 0.5) is 0 Å². The van der Waals surface area contributed by atoms with E-state index < -0.39 is 18.2 Å². The lowest BCUT2D eigenvalue weighted by Crippen LogP contribution is -2.37. The van der Waals surface area contributed by atoms with Gasteiger partial charge in [-0.05, 0) is 62.2 Å². The second kappa shape index (κ2) is 10.5. The molecule has 0 aliphatic carbocycles. The molecule has 28 heavy (non-hydrogen) atoms. The topological polar surface area (TPSA) is 108 Å². The van der Waals surface area contributed by atoms with Gasteiger partial charge in [-0.1, -0.05) is 12.1 Å². The summed E-state index contributed by atoms with van der Waals surface area (Å²) in [6.45, 7) is 4.04. The molecule has 0 spiro atoms. The summed E-state index contributed by atoms with van der Waals surface area (Å²) in [5, 5.41) is 31.4. The average Bonchev–Trinajstić information content (AvgIpc) is 2.67. The van der Waals surface area contributed by atoms with Crippen LogP contribution in [0, 0.1) is 0 Å². The quantitative estimate of drug-likeness (QED) is 0.467. The molecule has 4 N–H and O–H groups in total. The van der Waals surface area contributed by atoms with Crippen LogP contribution in [-0.2, 0) is 11.2 Å². The molecule has 3 atom stereocenters. The van der Waals surface area contributed by atoms with Gasteiger partial charge in [0.2, 0.25) is 0 Å². The minimum absolute atomic E-state index is 0.132. The number of aliphatic carboxylic acids is 1. The summed E-state index contributed by atoms with van der Waals surface area (Å²) in [6.07, 6.45) is -0.804. The van der Waals surface area contributed by atoms with E-state index in [1.807, 2.05) is 19.1 Å². The molecule has 0 fully saturated rings. The first-order chi connectivity index (χ1) is 13.3. The van der Waals surface area contributed by atoms with E-state index >= 15 is 0 Å². The molecule has 2 aromatic rings. The molecular formula is C21H27NO6. The lowest BCUT2D eigenvalue weighted by Gasteiger charge is -2.18. The Bertz CT molecular complexity index is 732. The summed E-state index contributed by atoms with van der Waals surface area (Å²) in [5.41, 5.74) is 1.07. The molecule has 3 unspecified atom stereocenters. The third-order valence-electron chi connectivity index (χ3n) is 4.11. The van der Waals surface area contributed by atoms with Crippen molar-refractivity contribution in [1.29, 1.82) is 0 Å². The van der Waals surface area contributed by atoms with Gasteiger partial charge in [-0.3, -0.25) is 0 Å². The summed E-state index contributed by atoms with van der Waals surface area (Å²) >= 11 is 0. The van der Waals surface area contributed by atoms with E-state index in [1.165, 1.54) is 19.1 Å². The number of carboxylic acid groups (broad SMARTS) is 1. The molecule has 0 bridgehead atoms. The number of carbonyl (C=O) groups is 1. The summed E-state index contributed by atoms with van der Waals surface area (Å²) in [4.78, 5) is 10.8. The van der Waals surface area contributed by atoms with E-state index in [-0.39, 0.29) is 18.4 Å². The fraction of sp³-hybridized carbons (Fsp3) is 0.381. The minimum atomic E-state index is -1.00. The van der Waals surface area contributed by atoms with Crippen LogP contribution >= 0.6 is 0 Å². The number of ether oxygens (including phenoxy) is 2. The lowest BCUT2D eigenvalue weighted by molar-refractivity contribution is -0.144. The number of rotatable bonds is 11. The third-order valence-corrected chi connectivity index (χ3v) is 4.11. The molecule has 0 heterocycles. The Kier molecular flexibility index (Phi) is 8.10. The summed E-state index contributed by atoms with van der Waals surface area (Å²) < 4.78 is 10.8. The van der Waals surface area contributed by atoms with Crippen LogP contribution in [0.15, 0.2) is 48.5 Å². The molecule has 2 aromatic carbocycles. The Morgan fingerprint density at radius 3 is 2.25 bits per heavy atom. The molecule has 0 saturated carbocycles. The van der Waals surface area contributed by atoms with Crippen molar-refractivity contribution in [2.24, 2.45) is 0 Å². The second-order valence-corrected chi connectivity index (χ2v) is 6.71. The van der Waals surface area contributed by atoms with Gasteiger partial charge in [-0.2, -0.15) is 0 Å². The number of hydrogen-bond donors (Lipinski definition) is 4. The number of aromatic hydroxyl groups is 1. The number of carboxylic acids is 1. The Morgan fingerprint density at radius 2 is 1.64 bits per heavy atom. The van der Waals surface area contributed by atoms with Crippen LogP contribution < -0.4 is 14.8 Å². The van der Waals surface area contributed by atoms with Gasteiger partial charge in [0, 0.05) is 12.6 Å². The number of aliphatic hydroxyl groups is 1. The van der Waals surface area contributed by atoms with Gasteiger partial charge in [0.15, 0.2) is 6.10 Å². The first kappa shape index (κ1) is 21.5. The maximum absolute atomic E-state index is 10.8. The molecule has 0 radical (unpaired) electrons. The van der Waals surface area contributed by atoms with Crippen molar-refractivity contribution in [2.75, 3.05) is 13.2 Å². The minimum Gasteiger partial charge on any atom is -0.508 e. The maximum atomic E-state index is 10.8. The lowest BCUT2D eigenvalue weighted by atomic mass is 10.1. The van der Waals surface area contributed by atoms with Crippen LogP contribution in [0.5, 0.6) is 17.2 Å². The van der Waals surface area contributed by atoms with E-state index in [2.05, 4.69) is 5.32 Å². The molecule has 152 valence electrons. The van der Waals surface area contributed by atoms with Gasteiger partial charge in [-0.25, -0.2) is 4.79 Å². The van der Waals surface area contributed by atoms with E-state index in [0.29, 0.717) is 18.0 Å². The highest BCUT2D eigenvalue weighted by Crippen LogP contribution is 2.16. The molecule has 0 aromatic heterocycles. The Labute approximate surface area is 164 Å². The summed E-state index contributed by atoms with van der Waals surface area (Å²) in [6, 6.07) is 13.8. The first-order valence-corrected chi connectivity index (χ1v) is 9.15. The van der Waals surface area contributed by atoms with Crippen molar-refractivity contribution in [1.82, 2.24) is 5.32 Å². The van der Waals surface area contributed by atoms with E-state index in [1.54, 1.807) is 24.3 Å². The highest BCUT2D eigenvalue weighted by atomic mass is 16.5. The molecule has 0 aliphatic rings. The molecule has 7 nitrogen and oxygen atoms in total. The number of hydrogen-bond acceptors (Lipinski definition) is 6. The molecule has 0 saturated heterocycles. The maximum Gasteiger partial charge on any atom is 0.344 e. The van der Waals surface area contributed by atoms with Crippen molar-refractivity contribution in [2.45, 2.75) is 38.5 Å². The van der Waals surface area contributed by atoms with Crippen molar-refractivity contribution in [3.63, 3.8) is 0 Å².